The van der Waals surface area contributed by atoms with Crippen LogP contribution in [0.4, 0.5) is 5.69 Å². The van der Waals surface area contributed by atoms with Crippen molar-refractivity contribution in [1.82, 2.24) is 0 Å². The van der Waals surface area contributed by atoms with Crippen LogP contribution < -0.4 is 20.5 Å². The summed E-state index contributed by atoms with van der Waals surface area (Å²) in [6, 6.07) is 13.7. The van der Waals surface area contributed by atoms with Gasteiger partial charge in [0.25, 0.3) is 0 Å². The second-order valence-corrected chi connectivity index (χ2v) is 5.08. The quantitative estimate of drug-likeness (QED) is 0.749. The van der Waals surface area contributed by atoms with Gasteiger partial charge in [0.15, 0.2) is 0 Å². The van der Waals surface area contributed by atoms with Crippen molar-refractivity contribution in [3.8, 4) is 17.2 Å². The average Bonchev–Trinajstić information content (AvgIpc) is 2.59. The van der Waals surface area contributed by atoms with Crippen LogP contribution in [-0.4, -0.2) is 32.3 Å². The third-order valence-electron chi connectivity index (χ3n) is 3.18. The Bertz CT molecular complexity index is 647. The fraction of sp³-hybridized carbons (Fsp3) is 0.278. The molecule has 7 heteroatoms. The van der Waals surface area contributed by atoms with Gasteiger partial charge >= 0.3 is 0 Å². The molecule has 0 heterocycles. The van der Waals surface area contributed by atoms with Crippen molar-refractivity contribution in [3.63, 3.8) is 0 Å². The number of amides is 1. The Labute approximate surface area is 153 Å². The standard InChI is InChI=1S/C18H22N2O4.ClH/c1-3-23-14-8-10-16(11-9-14)24-15-6-4-13(5-7-15)20-18(21)17(19)12-22-2;/h4-11,17H,3,12,19H2,1-2H3,(H,20,21);1H. The van der Waals surface area contributed by atoms with Crippen molar-refractivity contribution in [3.05, 3.63) is 48.5 Å². The fourth-order valence-corrected chi connectivity index (χ4v) is 2.00. The van der Waals surface area contributed by atoms with E-state index in [4.69, 9.17) is 19.9 Å². The first kappa shape index (κ1) is 20.8. The van der Waals surface area contributed by atoms with Gasteiger partial charge in [-0.25, -0.2) is 0 Å². The second kappa shape index (κ2) is 10.6. The van der Waals surface area contributed by atoms with Crippen molar-refractivity contribution in [1.29, 1.82) is 0 Å². The van der Waals surface area contributed by atoms with E-state index in [0.717, 1.165) is 5.75 Å². The number of halogens is 1. The lowest BCUT2D eigenvalue weighted by Crippen LogP contribution is -2.39. The molecule has 0 aliphatic rings. The Hall–Kier alpha value is -2.28. The van der Waals surface area contributed by atoms with Crippen LogP contribution in [0.5, 0.6) is 17.2 Å². The van der Waals surface area contributed by atoms with Gasteiger partial charge < -0.3 is 25.3 Å². The summed E-state index contributed by atoms with van der Waals surface area (Å²) >= 11 is 0. The Morgan fingerprint density at radius 3 is 2.08 bits per heavy atom. The molecule has 0 fully saturated rings. The van der Waals surface area contributed by atoms with E-state index in [1.165, 1.54) is 7.11 Å². The number of benzene rings is 2. The normalized spacial score (nSPS) is 11.2. The molecule has 0 aromatic heterocycles. The van der Waals surface area contributed by atoms with E-state index in [1.807, 2.05) is 31.2 Å². The Morgan fingerprint density at radius 2 is 1.56 bits per heavy atom. The van der Waals surface area contributed by atoms with Gasteiger partial charge in [0.1, 0.15) is 23.3 Å². The number of methoxy groups -OCH3 is 1. The van der Waals surface area contributed by atoms with E-state index in [0.29, 0.717) is 23.8 Å². The van der Waals surface area contributed by atoms with Gasteiger partial charge in [-0.05, 0) is 55.5 Å². The molecule has 136 valence electrons. The Morgan fingerprint density at radius 1 is 1.04 bits per heavy atom. The van der Waals surface area contributed by atoms with Crippen LogP contribution in [-0.2, 0) is 9.53 Å². The predicted octanol–water partition coefficient (Wildman–Crippen LogP) is 3.21. The minimum Gasteiger partial charge on any atom is -0.494 e. The summed E-state index contributed by atoms with van der Waals surface area (Å²) in [4.78, 5) is 11.8. The number of nitrogens with two attached hydrogens (primary N) is 1. The molecule has 1 atom stereocenters. The van der Waals surface area contributed by atoms with Crippen LogP contribution >= 0.6 is 12.4 Å². The lowest BCUT2D eigenvalue weighted by atomic mass is 10.2. The molecule has 2 aromatic carbocycles. The molecule has 0 bridgehead atoms. The summed E-state index contributed by atoms with van der Waals surface area (Å²) in [6.45, 7) is 2.74. The van der Waals surface area contributed by atoms with Crippen LogP contribution in [0, 0.1) is 0 Å². The largest absolute Gasteiger partial charge is 0.494 e. The van der Waals surface area contributed by atoms with Gasteiger partial charge in [-0.15, -0.1) is 12.4 Å². The lowest BCUT2D eigenvalue weighted by molar-refractivity contribution is -0.118. The van der Waals surface area contributed by atoms with Crippen molar-refractivity contribution < 1.29 is 19.0 Å². The summed E-state index contributed by atoms with van der Waals surface area (Å²) < 4.78 is 16.0. The SMILES string of the molecule is CCOc1ccc(Oc2ccc(NC(=O)C(N)COC)cc2)cc1.Cl. The number of hydrogen-bond acceptors (Lipinski definition) is 5. The maximum absolute atomic E-state index is 11.8. The zero-order valence-electron chi connectivity index (χ0n) is 14.2. The zero-order chi connectivity index (χ0) is 17.4. The minimum absolute atomic E-state index is 0. The summed E-state index contributed by atoms with van der Waals surface area (Å²) in [7, 11) is 1.50. The summed E-state index contributed by atoms with van der Waals surface area (Å²) in [6.07, 6.45) is 0. The van der Waals surface area contributed by atoms with E-state index in [2.05, 4.69) is 5.32 Å². The van der Waals surface area contributed by atoms with Crippen LogP contribution in [0.3, 0.4) is 0 Å². The molecule has 0 aliphatic heterocycles. The first-order chi connectivity index (χ1) is 11.6. The average molecular weight is 367 g/mol. The van der Waals surface area contributed by atoms with E-state index >= 15 is 0 Å². The van der Waals surface area contributed by atoms with Gasteiger partial charge in [0, 0.05) is 12.8 Å². The second-order valence-electron chi connectivity index (χ2n) is 5.08. The van der Waals surface area contributed by atoms with Gasteiger partial charge in [0.05, 0.1) is 13.2 Å². The Kier molecular flexibility index (Phi) is 8.77. The van der Waals surface area contributed by atoms with Crippen molar-refractivity contribution >= 4 is 24.0 Å². The molecule has 0 saturated heterocycles. The summed E-state index contributed by atoms with van der Waals surface area (Å²) in [5, 5.41) is 2.72. The highest BCUT2D eigenvalue weighted by Crippen LogP contribution is 2.25. The monoisotopic (exact) mass is 366 g/mol. The molecule has 2 rings (SSSR count). The smallest absolute Gasteiger partial charge is 0.243 e. The van der Waals surface area contributed by atoms with Gasteiger partial charge in [-0.3, -0.25) is 4.79 Å². The van der Waals surface area contributed by atoms with E-state index < -0.39 is 6.04 Å². The summed E-state index contributed by atoms with van der Waals surface area (Å²) in [5.74, 6) is 1.88. The number of carbonyl (C=O) groups is 1. The minimum atomic E-state index is -0.699. The highest BCUT2D eigenvalue weighted by molar-refractivity contribution is 5.94. The van der Waals surface area contributed by atoms with Gasteiger partial charge in [-0.1, -0.05) is 0 Å². The first-order valence-electron chi connectivity index (χ1n) is 7.68. The van der Waals surface area contributed by atoms with Crippen molar-refractivity contribution in [2.24, 2.45) is 5.73 Å². The number of hydrogen-bond donors (Lipinski definition) is 2. The van der Waals surface area contributed by atoms with Crippen LogP contribution in [0.2, 0.25) is 0 Å². The number of rotatable bonds is 8. The molecule has 6 nitrogen and oxygen atoms in total. The van der Waals surface area contributed by atoms with E-state index in [1.54, 1.807) is 24.3 Å². The molecule has 0 aliphatic carbocycles. The van der Waals surface area contributed by atoms with Crippen molar-refractivity contribution in [2.45, 2.75) is 13.0 Å². The fourth-order valence-electron chi connectivity index (χ4n) is 2.00. The van der Waals surface area contributed by atoms with Gasteiger partial charge in [0.2, 0.25) is 5.91 Å². The molecule has 1 unspecified atom stereocenters. The lowest BCUT2D eigenvalue weighted by Gasteiger charge is -2.12. The Balaban J connectivity index is 0.00000312. The molecule has 0 saturated carbocycles. The molecule has 0 spiro atoms. The number of anilines is 1. The summed E-state index contributed by atoms with van der Waals surface area (Å²) in [5.41, 5.74) is 6.31. The molecule has 0 radical (unpaired) electrons. The molecule has 25 heavy (non-hydrogen) atoms. The third kappa shape index (κ3) is 6.62. The molecular weight excluding hydrogens is 344 g/mol. The molecule has 1 amide bonds. The first-order valence-corrected chi connectivity index (χ1v) is 7.68. The van der Waals surface area contributed by atoms with E-state index in [-0.39, 0.29) is 24.9 Å². The van der Waals surface area contributed by atoms with Crippen LogP contribution in [0.25, 0.3) is 0 Å². The highest BCUT2D eigenvalue weighted by Gasteiger charge is 2.12. The maximum Gasteiger partial charge on any atom is 0.243 e. The predicted molar refractivity (Wildman–Crippen MR) is 99.9 cm³/mol. The topological polar surface area (TPSA) is 82.8 Å². The molecule has 2 aromatic rings. The molecule has 3 N–H and O–H groups in total. The van der Waals surface area contributed by atoms with Crippen molar-refractivity contribution in [2.75, 3.05) is 25.6 Å². The number of nitrogens with one attached hydrogen (secondary N) is 1. The third-order valence-corrected chi connectivity index (χ3v) is 3.18. The van der Waals surface area contributed by atoms with Crippen LogP contribution in [0.1, 0.15) is 6.92 Å². The maximum atomic E-state index is 11.8. The van der Waals surface area contributed by atoms with Gasteiger partial charge in [-0.2, -0.15) is 0 Å². The molecular formula is C18H23ClN2O4. The highest BCUT2D eigenvalue weighted by atomic mass is 35.5. The zero-order valence-corrected chi connectivity index (χ0v) is 15.0. The van der Waals surface area contributed by atoms with Crippen LogP contribution in [0.15, 0.2) is 48.5 Å². The van der Waals surface area contributed by atoms with E-state index in [9.17, 15) is 4.79 Å². The number of carbonyl (C=O) groups excluding carboxylic acids is 1. The number of ether oxygens (including phenoxy) is 3.